The third-order valence-electron chi connectivity index (χ3n) is 3.50. The van der Waals surface area contributed by atoms with Gasteiger partial charge in [0.05, 0.1) is 20.7 Å². The van der Waals surface area contributed by atoms with E-state index in [1.165, 1.54) is 12.3 Å². The van der Waals surface area contributed by atoms with Gasteiger partial charge in [0.15, 0.2) is 0 Å². The first-order chi connectivity index (χ1) is 10.5. The molecule has 0 atom stereocenters. The van der Waals surface area contributed by atoms with Crippen molar-refractivity contribution < 1.29 is 8.78 Å². The van der Waals surface area contributed by atoms with Crippen molar-refractivity contribution in [3.8, 4) is 11.8 Å². The van der Waals surface area contributed by atoms with Crippen LogP contribution < -0.4 is 0 Å². The van der Waals surface area contributed by atoms with Crippen molar-refractivity contribution >= 4 is 33.6 Å². The van der Waals surface area contributed by atoms with Crippen LogP contribution in [0.5, 0.6) is 0 Å². The van der Waals surface area contributed by atoms with E-state index >= 15 is 0 Å². The van der Waals surface area contributed by atoms with E-state index < -0.39 is 6.43 Å². The lowest BCUT2D eigenvalue weighted by Crippen LogP contribution is -1.97. The molecule has 0 saturated carbocycles. The Kier molecular flexibility index (Phi) is 3.83. The van der Waals surface area contributed by atoms with Crippen LogP contribution in [0.25, 0.3) is 16.7 Å². The maximum Gasteiger partial charge on any atom is 0.265 e. The Labute approximate surface area is 139 Å². The van der Waals surface area contributed by atoms with Crippen LogP contribution in [0.2, 0.25) is 0 Å². The van der Waals surface area contributed by atoms with Crippen molar-refractivity contribution in [2.75, 3.05) is 0 Å². The summed E-state index contributed by atoms with van der Waals surface area (Å²) in [4.78, 5) is 4.18. The van der Waals surface area contributed by atoms with Crippen molar-refractivity contribution in [1.82, 2.24) is 9.55 Å². The van der Waals surface area contributed by atoms with Gasteiger partial charge in [0.1, 0.15) is 5.52 Å². The zero-order valence-corrected chi connectivity index (χ0v) is 13.7. The first kappa shape index (κ1) is 14.9. The van der Waals surface area contributed by atoms with E-state index in [1.54, 1.807) is 24.3 Å². The molecule has 0 bridgehead atoms. The summed E-state index contributed by atoms with van der Waals surface area (Å²) in [6, 6.07) is 10.6. The fourth-order valence-corrected chi connectivity index (χ4v) is 3.05. The molecule has 3 rings (SSSR count). The highest BCUT2D eigenvalue weighted by Gasteiger charge is 2.17. The topological polar surface area (TPSA) is 41.6 Å². The zero-order chi connectivity index (χ0) is 15.9. The summed E-state index contributed by atoms with van der Waals surface area (Å²) in [6.45, 7) is 1.92. The monoisotopic (exact) mass is 409 g/mol. The summed E-state index contributed by atoms with van der Waals surface area (Å²) in [5, 5.41) is 8.88. The third-order valence-corrected chi connectivity index (χ3v) is 4.79. The molecule has 1 aromatic carbocycles. The molecule has 0 fully saturated rings. The second-order valence-corrected chi connectivity index (χ2v) is 5.91. The van der Waals surface area contributed by atoms with Crippen LogP contribution in [0, 0.1) is 21.8 Å². The molecule has 110 valence electrons. The van der Waals surface area contributed by atoms with Crippen molar-refractivity contribution in [3.63, 3.8) is 0 Å². The molecule has 0 saturated heterocycles. The molecule has 0 aliphatic heterocycles. The Bertz CT molecular complexity index is 892. The Morgan fingerprint density at radius 1 is 1.27 bits per heavy atom. The van der Waals surface area contributed by atoms with Crippen LogP contribution in [0.1, 0.15) is 23.2 Å². The molecule has 0 aliphatic carbocycles. The Hall–Kier alpha value is -2.01. The highest BCUT2D eigenvalue weighted by Crippen LogP contribution is 2.31. The highest BCUT2D eigenvalue weighted by molar-refractivity contribution is 14.1. The number of benzene rings is 1. The summed E-state index contributed by atoms with van der Waals surface area (Å²) in [7, 11) is 0. The summed E-state index contributed by atoms with van der Waals surface area (Å²) in [5.74, 6) is 0. The molecule has 2 aromatic heterocycles. The SMILES string of the molecule is Cc1c(I)c2ncc(C(F)F)cc2n1-c1ccc(C#N)cc1. The Morgan fingerprint density at radius 3 is 2.55 bits per heavy atom. The number of rotatable bonds is 2. The van der Waals surface area contributed by atoms with Gasteiger partial charge >= 0.3 is 0 Å². The van der Waals surface area contributed by atoms with E-state index in [1.807, 2.05) is 11.5 Å². The highest BCUT2D eigenvalue weighted by atomic mass is 127. The number of nitriles is 1. The van der Waals surface area contributed by atoms with Crippen LogP contribution in [0.4, 0.5) is 8.78 Å². The summed E-state index contributed by atoms with van der Waals surface area (Å²) in [5.41, 5.74) is 3.54. The quantitative estimate of drug-likeness (QED) is 0.574. The first-order valence-electron chi connectivity index (χ1n) is 6.48. The van der Waals surface area contributed by atoms with Crippen molar-refractivity contribution in [3.05, 3.63) is 56.9 Å². The average molecular weight is 409 g/mol. The molecule has 0 aliphatic rings. The lowest BCUT2D eigenvalue weighted by Gasteiger charge is -2.09. The van der Waals surface area contributed by atoms with Gasteiger partial charge in [-0.1, -0.05) is 0 Å². The largest absolute Gasteiger partial charge is 0.311 e. The van der Waals surface area contributed by atoms with Gasteiger partial charge in [0.2, 0.25) is 0 Å². The van der Waals surface area contributed by atoms with Crippen LogP contribution in [-0.4, -0.2) is 9.55 Å². The number of alkyl halides is 2. The minimum Gasteiger partial charge on any atom is -0.311 e. The third kappa shape index (κ3) is 2.35. The van der Waals surface area contributed by atoms with E-state index in [9.17, 15) is 8.78 Å². The number of nitrogens with zero attached hydrogens (tertiary/aromatic N) is 3. The molecule has 2 heterocycles. The van der Waals surface area contributed by atoms with Gasteiger partial charge in [-0.3, -0.25) is 4.98 Å². The van der Waals surface area contributed by atoms with Gasteiger partial charge in [0.25, 0.3) is 6.43 Å². The van der Waals surface area contributed by atoms with Gasteiger partial charge in [-0.2, -0.15) is 5.26 Å². The van der Waals surface area contributed by atoms with Gasteiger partial charge < -0.3 is 4.57 Å². The normalized spacial score (nSPS) is 11.1. The zero-order valence-electron chi connectivity index (χ0n) is 11.5. The van der Waals surface area contributed by atoms with Crippen LogP contribution in [0.3, 0.4) is 0 Å². The predicted octanol–water partition coefficient (Wildman–Crippen LogP) is 4.75. The van der Waals surface area contributed by atoms with E-state index in [0.717, 1.165) is 15.0 Å². The van der Waals surface area contributed by atoms with E-state index in [2.05, 4.69) is 33.6 Å². The second kappa shape index (κ2) is 5.65. The molecular formula is C16H10F2IN3. The number of halogens is 3. The number of hydrogen-bond acceptors (Lipinski definition) is 2. The maximum absolute atomic E-state index is 12.9. The lowest BCUT2D eigenvalue weighted by atomic mass is 10.2. The minimum absolute atomic E-state index is 0.101. The van der Waals surface area contributed by atoms with Gasteiger partial charge in [-0.25, -0.2) is 8.78 Å². The molecule has 0 amide bonds. The molecule has 22 heavy (non-hydrogen) atoms. The van der Waals surface area contributed by atoms with E-state index in [-0.39, 0.29) is 5.56 Å². The summed E-state index contributed by atoms with van der Waals surface area (Å²) in [6.07, 6.45) is -1.34. The van der Waals surface area contributed by atoms with Crippen molar-refractivity contribution in [1.29, 1.82) is 5.26 Å². The molecule has 0 radical (unpaired) electrons. The maximum atomic E-state index is 12.9. The van der Waals surface area contributed by atoms with E-state index in [4.69, 9.17) is 5.26 Å². The van der Waals surface area contributed by atoms with Crippen molar-refractivity contribution in [2.45, 2.75) is 13.3 Å². The molecule has 0 N–H and O–H groups in total. The molecular weight excluding hydrogens is 399 g/mol. The number of fused-ring (bicyclic) bond motifs is 1. The number of pyridine rings is 1. The van der Waals surface area contributed by atoms with E-state index in [0.29, 0.717) is 16.6 Å². The first-order valence-corrected chi connectivity index (χ1v) is 7.56. The molecule has 3 aromatic rings. The van der Waals surface area contributed by atoms with Crippen LogP contribution in [-0.2, 0) is 0 Å². The van der Waals surface area contributed by atoms with Gasteiger partial charge in [-0.15, -0.1) is 0 Å². The van der Waals surface area contributed by atoms with Crippen LogP contribution >= 0.6 is 22.6 Å². The second-order valence-electron chi connectivity index (χ2n) is 4.83. The fourth-order valence-electron chi connectivity index (χ4n) is 2.40. The molecule has 3 nitrogen and oxygen atoms in total. The number of aromatic nitrogens is 2. The predicted molar refractivity (Wildman–Crippen MR) is 88.2 cm³/mol. The van der Waals surface area contributed by atoms with Crippen molar-refractivity contribution in [2.24, 2.45) is 0 Å². The standard InChI is InChI=1S/C16H10F2IN3/c1-9-14(19)15-13(6-11(8-21-15)16(17)18)22(9)12-4-2-10(7-20)3-5-12/h2-6,8,16H,1H3. The molecule has 0 spiro atoms. The Balaban J connectivity index is 2.29. The van der Waals surface area contributed by atoms with Crippen LogP contribution in [0.15, 0.2) is 36.5 Å². The lowest BCUT2D eigenvalue weighted by molar-refractivity contribution is 0.151. The number of hydrogen-bond donors (Lipinski definition) is 0. The minimum atomic E-state index is -2.56. The average Bonchev–Trinajstić information content (AvgIpc) is 2.78. The summed E-state index contributed by atoms with van der Waals surface area (Å²) < 4.78 is 28.7. The fraction of sp³-hybridized carbons (Fsp3) is 0.125. The molecule has 6 heteroatoms. The molecule has 0 unspecified atom stereocenters. The smallest absolute Gasteiger partial charge is 0.265 e. The Morgan fingerprint density at radius 2 is 1.95 bits per heavy atom. The summed E-state index contributed by atoms with van der Waals surface area (Å²) >= 11 is 2.17. The van der Waals surface area contributed by atoms with Gasteiger partial charge in [0, 0.05) is 23.1 Å². The van der Waals surface area contributed by atoms with Gasteiger partial charge in [-0.05, 0) is 59.8 Å².